The molecule has 1 fully saturated rings. The van der Waals surface area contributed by atoms with Crippen LogP contribution in [-0.2, 0) is 6.61 Å². The smallest absolute Gasteiger partial charge is 0.257 e. The van der Waals surface area contributed by atoms with Crippen molar-refractivity contribution in [3.05, 3.63) is 77.4 Å². The summed E-state index contributed by atoms with van der Waals surface area (Å²) in [5.74, 6) is 1.23. The highest BCUT2D eigenvalue weighted by Crippen LogP contribution is 2.22. The van der Waals surface area contributed by atoms with Gasteiger partial charge < -0.3 is 19.1 Å². The molecule has 160 valence electrons. The topological polar surface area (TPSA) is 88.8 Å². The zero-order valence-corrected chi connectivity index (χ0v) is 17.4. The van der Waals surface area contributed by atoms with Crippen LogP contribution in [-0.4, -0.2) is 57.9 Å². The van der Waals surface area contributed by atoms with Gasteiger partial charge in [0.2, 0.25) is 11.7 Å². The van der Waals surface area contributed by atoms with Crippen LogP contribution in [0.5, 0.6) is 5.75 Å². The molecular weight excluding hydrogens is 396 g/mol. The number of nitrogens with zero attached hydrogens (tertiary/aromatic N) is 4. The summed E-state index contributed by atoms with van der Waals surface area (Å²) in [6.07, 6.45) is 0.718. The van der Waals surface area contributed by atoms with E-state index in [1.807, 2.05) is 47.4 Å². The summed E-state index contributed by atoms with van der Waals surface area (Å²) in [7, 11) is 0. The third-order valence-electron chi connectivity index (χ3n) is 5.13. The summed E-state index contributed by atoms with van der Waals surface area (Å²) >= 11 is 0. The Balaban J connectivity index is 1.42. The van der Waals surface area contributed by atoms with Gasteiger partial charge in [-0.2, -0.15) is 4.98 Å². The second-order valence-electron chi connectivity index (χ2n) is 7.32. The first-order chi connectivity index (χ1) is 15.1. The Morgan fingerprint density at radius 3 is 2.32 bits per heavy atom. The molecule has 2 aromatic carbocycles. The molecular formula is C23H24N4O4. The van der Waals surface area contributed by atoms with Crippen molar-refractivity contribution >= 4 is 11.8 Å². The molecule has 0 bridgehead atoms. The number of carbonyl (C=O) groups is 2. The van der Waals surface area contributed by atoms with E-state index in [4.69, 9.17) is 9.26 Å². The minimum Gasteiger partial charge on any atom is -0.485 e. The van der Waals surface area contributed by atoms with Crippen LogP contribution in [0.3, 0.4) is 0 Å². The Morgan fingerprint density at radius 2 is 1.61 bits per heavy atom. The number of hydrogen-bond acceptors (Lipinski definition) is 6. The van der Waals surface area contributed by atoms with Gasteiger partial charge in [-0.05, 0) is 30.7 Å². The number of aryl methyl sites for hydroxylation is 1. The van der Waals surface area contributed by atoms with Crippen LogP contribution in [0, 0.1) is 6.92 Å². The molecule has 0 atom stereocenters. The Hall–Kier alpha value is -3.68. The SMILES string of the molecule is Cc1nc(COc2ccccc2C(=O)N2CCCN(C(=O)c3ccccc3)CC2)no1. The number of carbonyl (C=O) groups excluding carboxylic acids is 2. The van der Waals surface area contributed by atoms with Crippen molar-refractivity contribution in [1.29, 1.82) is 0 Å². The van der Waals surface area contributed by atoms with Crippen LogP contribution < -0.4 is 4.74 Å². The van der Waals surface area contributed by atoms with Crippen molar-refractivity contribution in [2.45, 2.75) is 20.0 Å². The minimum atomic E-state index is -0.117. The molecule has 1 aromatic heterocycles. The lowest BCUT2D eigenvalue weighted by atomic mass is 10.1. The maximum Gasteiger partial charge on any atom is 0.257 e. The summed E-state index contributed by atoms with van der Waals surface area (Å²) in [6, 6.07) is 16.3. The highest BCUT2D eigenvalue weighted by Gasteiger charge is 2.25. The van der Waals surface area contributed by atoms with Gasteiger partial charge >= 0.3 is 0 Å². The zero-order valence-electron chi connectivity index (χ0n) is 17.4. The normalized spacial score (nSPS) is 14.2. The molecule has 0 saturated carbocycles. The number of amides is 2. The van der Waals surface area contributed by atoms with E-state index < -0.39 is 0 Å². The van der Waals surface area contributed by atoms with Crippen LogP contribution in [0.2, 0.25) is 0 Å². The Labute approximate surface area is 180 Å². The van der Waals surface area contributed by atoms with E-state index in [9.17, 15) is 9.59 Å². The average Bonchev–Trinajstić information content (AvgIpc) is 3.07. The Kier molecular flexibility index (Phi) is 6.26. The van der Waals surface area contributed by atoms with Gasteiger partial charge in [-0.1, -0.05) is 35.5 Å². The molecule has 1 aliphatic rings. The summed E-state index contributed by atoms with van der Waals surface area (Å²) in [5.41, 5.74) is 1.14. The number of benzene rings is 2. The van der Waals surface area contributed by atoms with Crippen LogP contribution in [0.15, 0.2) is 59.1 Å². The largest absolute Gasteiger partial charge is 0.485 e. The standard InChI is InChI=1S/C23H24N4O4/c1-17-24-21(25-31-17)16-30-20-11-6-5-10-19(20)23(29)27-13-7-12-26(14-15-27)22(28)18-8-3-2-4-9-18/h2-6,8-11H,7,12-16H2,1H3. The van der Waals surface area contributed by atoms with E-state index in [-0.39, 0.29) is 18.4 Å². The highest BCUT2D eigenvalue weighted by molar-refractivity contribution is 5.97. The monoisotopic (exact) mass is 420 g/mol. The molecule has 0 N–H and O–H groups in total. The molecule has 2 amide bonds. The van der Waals surface area contributed by atoms with Gasteiger partial charge in [0, 0.05) is 38.7 Å². The number of para-hydroxylation sites is 1. The summed E-state index contributed by atoms with van der Waals surface area (Å²) < 4.78 is 10.8. The van der Waals surface area contributed by atoms with Crippen molar-refractivity contribution in [2.75, 3.05) is 26.2 Å². The number of hydrogen-bond donors (Lipinski definition) is 0. The lowest BCUT2D eigenvalue weighted by molar-refractivity contribution is 0.0716. The first-order valence-corrected chi connectivity index (χ1v) is 10.3. The van der Waals surface area contributed by atoms with E-state index in [2.05, 4.69) is 10.1 Å². The first-order valence-electron chi connectivity index (χ1n) is 10.3. The minimum absolute atomic E-state index is 0.00552. The zero-order chi connectivity index (χ0) is 21.6. The Morgan fingerprint density at radius 1 is 0.935 bits per heavy atom. The summed E-state index contributed by atoms with van der Waals surface area (Å²) in [6.45, 7) is 3.98. The third kappa shape index (κ3) is 4.91. The summed E-state index contributed by atoms with van der Waals surface area (Å²) in [4.78, 5) is 33.7. The number of aromatic nitrogens is 2. The highest BCUT2D eigenvalue weighted by atomic mass is 16.5. The van der Waals surface area contributed by atoms with E-state index in [1.54, 1.807) is 24.0 Å². The van der Waals surface area contributed by atoms with E-state index in [0.717, 1.165) is 6.42 Å². The van der Waals surface area contributed by atoms with Gasteiger partial charge in [0.15, 0.2) is 6.61 Å². The molecule has 8 heteroatoms. The van der Waals surface area contributed by atoms with Crippen LogP contribution in [0.1, 0.15) is 38.9 Å². The molecule has 0 radical (unpaired) electrons. The predicted octanol–water partition coefficient (Wildman–Crippen LogP) is 2.95. The van der Waals surface area contributed by atoms with Crippen molar-refractivity contribution < 1.29 is 18.8 Å². The van der Waals surface area contributed by atoms with Crippen LogP contribution in [0.4, 0.5) is 0 Å². The van der Waals surface area contributed by atoms with Crippen molar-refractivity contribution in [3.63, 3.8) is 0 Å². The van der Waals surface area contributed by atoms with Gasteiger partial charge in [0.1, 0.15) is 5.75 Å². The van der Waals surface area contributed by atoms with Crippen molar-refractivity contribution in [1.82, 2.24) is 19.9 Å². The fraction of sp³-hybridized carbons (Fsp3) is 0.304. The Bertz CT molecular complexity index is 1050. The van der Waals surface area contributed by atoms with Gasteiger partial charge in [0.25, 0.3) is 11.8 Å². The molecule has 2 heterocycles. The average molecular weight is 420 g/mol. The van der Waals surface area contributed by atoms with Crippen LogP contribution in [0.25, 0.3) is 0 Å². The molecule has 0 spiro atoms. The van der Waals surface area contributed by atoms with E-state index in [0.29, 0.717) is 54.8 Å². The molecule has 3 aromatic rings. The number of ether oxygens (including phenoxy) is 1. The molecule has 31 heavy (non-hydrogen) atoms. The van der Waals surface area contributed by atoms with Gasteiger partial charge in [0.05, 0.1) is 5.56 Å². The van der Waals surface area contributed by atoms with Crippen LogP contribution >= 0.6 is 0 Å². The lowest BCUT2D eigenvalue weighted by Gasteiger charge is -2.23. The molecule has 0 aliphatic carbocycles. The van der Waals surface area contributed by atoms with Crippen molar-refractivity contribution in [2.24, 2.45) is 0 Å². The predicted molar refractivity (Wildman–Crippen MR) is 113 cm³/mol. The fourth-order valence-corrected chi connectivity index (χ4v) is 3.57. The quantitative estimate of drug-likeness (QED) is 0.631. The maximum absolute atomic E-state index is 13.2. The third-order valence-corrected chi connectivity index (χ3v) is 5.13. The first kappa shape index (κ1) is 20.6. The molecule has 1 saturated heterocycles. The van der Waals surface area contributed by atoms with Gasteiger partial charge in [-0.3, -0.25) is 9.59 Å². The fourth-order valence-electron chi connectivity index (χ4n) is 3.57. The molecule has 8 nitrogen and oxygen atoms in total. The summed E-state index contributed by atoms with van der Waals surface area (Å²) in [5, 5.41) is 3.81. The molecule has 1 aliphatic heterocycles. The van der Waals surface area contributed by atoms with Gasteiger partial charge in [-0.15, -0.1) is 0 Å². The second-order valence-corrected chi connectivity index (χ2v) is 7.32. The maximum atomic E-state index is 13.2. The second kappa shape index (κ2) is 9.42. The number of rotatable bonds is 5. The van der Waals surface area contributed by atoms with Crippen molar-refractivity contribution in [3.8, 4) is 5.75 Å². The van der Waals surface area contributed by atoms with E-state index in [1.165, 1.54) is 0 Å². The van der Waals surface area contributed by atoms with E-state index >= 15 is 0 Å². The lowest BCUT2D eigenvalue weighted by Crippen LogP contribution is -2.37. The molecule has 0 unspecified atom stereocenters. The van der Waals surface area contributed by atoms with Gasteiger partial charge in [-0.25, -0.2) is 0 Å². The molecule has 4 rings (SSSR count).